The largest absolute Gasteiger partial charge is 0.416 e. The zero-order valence-electron chi connectivity index (χ0n) is 10.5. The van der Waals surface area contributed by atoms with Crippen LogP contribution in [0.4, 0.5) is 13.2 Å². The average molecular weight is 286 g/mol. The number of nitrogens with one attached hydrogen (secondary N) is 2. The van der Waals surface area contributed by atoms with Crippen LogP contribution in [0.1, 0.15) is 28.8 Å². The smallest absolute Gasteiger partial charge is 0.352 e. The fourth-order valence-corrected chi connectivity index (χ4v) is 1.61. The van der Waals surface area contributed by atoms with Gasteiger partial charge in [-0.3, -0.25) is 9.59 Å². The van der Waals surface area contributed by atoms with Gasteiger partial charge < -0.3 is 10.6 Å². The van der Waals surface area contributed by atoms with E-state index in [1.165, 1.54) is 6.07 Å². The first-order valence-electron chi connectivity index (χ1n) is 6.11. The molecular formula is C13H13F3N2O2. The third-order valence-corrected chi connectivity index (χ3v) is 2.80. The Kier molecular flexibility index (Phi) is 3.96. The molecule has 0 aromatic heterocycles. The molecule has 2 rings (SSSR count). The zero-order valence-corrected chi connectivity index (χ0v) is 10.5. The van der Waals surface area contributed by atoms with Crippen molar-refractivity contribution >= 4 is 11.8 Å². The van der Waals surface area contributed by atoms with E-state index in [4.69, 9.17) is 0 Å². The second-order valence-corrected chi connectivity index (χ2v) is 4.60. The van der Waals surface area contributed by atoms with Gasteiger partial charge in [-0.25, -0.2) is 0 Å². The standard InChI is InChI=1S/C13H13F3N2O2/c14-13(15,16)9-3-1-2-8(6-9)12(20)17-7-11(19)18-10-4-5-10/h1-3,6,10H,4-5,7H2,(H,17,20)(H,18,19). The van der Waals surface area contributed by atoms with Crippen LogP contribution in [0.25, 0.3) is 0 Å². The normalized spacial score (nSPS) is 14.8. The monoisotopic (exact) mass is 286 g/mol. The third kappa shape index (κ3) is 3.97. The molecule has 0 unspecified atom stereocenters. The molecule has 0 bridgehead atoms. The summed E-state index contributed by atoms with van der Waals surface area (Å²) in [6, 6.07) is 4.24. The molecule has 1 aliphatic carbocycles. The van der Waals surface area contributed by atoms with Gasteiger partial charge in [0.05, 0.1) is 12.1 Å². The lowest BCUT2D eigenvalue weighted by atomic mass is 10.1. The average Bonchev–Trinajstić information content (AvgIpc) is 3.19. The quantitative estimate of drug-likeness (QED) is 0.885. The molecule has 4 nitrogen and oxygen atoms in total. The summed E-state index contributed by atoms with van der Waals surface area (Å²) >= 11 is 0. The van der Waals surface area contributed by atoms with Crippen molar-refractivity contribution in [1.82, 2.24) is 10.6 Å². The molecule has 2 N–H and O–H groups in total. The second-order valence-electron chi connectivity index (χ2n) is 4.60. The Hall–Kier alpha value is -2.05. The van der Waals surface area contributed by atoms with Crippen molar-refractivity contribution in [3.8, 4) is 0 Å². The van der Waals surface area contributed by atoms with Gasteiger partial charge in [0.15, 0.2) is 0 Å². The summed E-state index contributed by atoms with van der Waals surface area (Å²) < 4.78 is 37.5. The summed E-state index contributed by atoms with van der Waals surface area (Å²) in [5.41, 5.74) is -1.02. The number of alkyl halides is 3. The highest BCUT2D eigenvalue weighted by Crippen LogP contribution is 2.29. The molecule has 0 heterocycles. The number of amides is 2. The van der Waals surface area contributed by atoms with Crippen LogP contribution in [0.3, 0.4) is 0 Å². The fourth-order valence-electron chi connectivity index (χ4n) is 1.61. The van der Waals surface area contributed by atoms with Gasteiger partial charge in [0, 0.05) is 11.6 Å². The number of benzene rings is 1. The summed E-state index contributed by atoms with van der Waals surface area (Å²) in [5.74, 6) is -1.05. The predicted molar refractivity (Wildman–Crippen MR) is 64.9 cm³/mol. The van der Waals surface area contributed by atoms with E-state index >= 15 is 0 Å². The molecule has 20 heavy (non-hydrogen) atoms. The maximum Gasteiger partial charge on any atom is 0.416 e. The molecule has 1 saturated carbocycles. The molecule has 0 radical (unpaired) electrons. The SMILES string of the molecule is O=C(CNC(=O)c1cccc(C(F)(F)F)c1)NC1CC1. The Morgan fingerprint density at radius 1 is 1.25 bits per heavy atom. The minimum absolute atomic E-state index is 0.126. The molecular weight excluding hydrogens is 273 g/mol. The van der Waals surface area contributed by atoms with Crippen molar-refractivity contribution in [3.05, 3.63) is 35.4 Å². The molecule has 0 spiro atoms. The zero-order chi connectivity index (χ0) is 14.8. The van der Waals surface area contributed by atoms with E-state index in [0.717, 1.165) is 31.0 Å². The maximum atomic E-state index is 12.5. The van der Waals surface area contributed by atoms with Gasteiger partial charge in [0.25, 0.3) is 5.91 Å². The van der Waals surface area contributed by atoms with Crippen LogP contribution < -0.4 is 10.6 Å². The van der Waals surface area contributed by atoms with Crippen LogP contribution in [0.2, 0.25) is 0 Å². The molecule has 1 fully saturated rings. The number of carbonyl (C=O) groups excluding carboxylic acids is 2. The van der Waals surface area contributed by atoms with Crippen LogP contribution in [0.5, 0.6) is 0 Å². The summed E-state index contributed by atoms with van der Waals surface area (Å²) in [6.45, 7) is -0.244. The predicted octanol–water partition coefficient (Wildman–Crippen LogP) is 1.71. The van der Waals surface area contributed by atoms with Crippen LogP contribution >= 0.6 is 0 Å². The lowest BCUT2D eigenvalue weighted by molar-refractivity contribution is -0.137. The van der Waals surface area contributed by atoms with Gasteiger partial charge in [-0.2, -0.15) is 13.2 Å². The van der Waals surface area contributed by atoms with Crippen molar-refractivity contribution in [1.29, 1.82) is 0 Å². The minimum atomic E-state index is -4.50. The Morgan fingerprint density at radius 2 is 1.95 bits per heavy atom. The molecule has 0 saturated heterocycles. The lowest BCUT2D eigenvalue weighted by Gasteiger charge is -2.09. The molecule has 1 aromatic carbocycles. The van der Waals surface area contributed by atoms with Crippen molar-refractivity contribution < 1.29 is 22.8 Å². The maximum absolute atomic E-state index is 12.5. The summed E-state index contributed by atoms with van der Waals surface area (Å²) in [6.07, 6.45) is -2.65. The number of hydrogen-bond acceptors (Lipinski definition) is 2. The number of rotatable bonds is 4. The van der Waals surface area contributed by atoms with E-state index in [9.17, 15) is 22.8 Å². The number of carbonyl (C=O) groups is 2. The summed E-state index contributed by atoms with van der Waals surface area (Å²) in [4.78, 5) is 23.0. The molecule has 1 aliphatic rings. The van der Waals surface area contributed by atoms with E-state index < -0.39 is 17.6 Å². The van der Waals surface area contributed by atoms with Crippen LogP contribution in [0.15, 0.2) is 24.3 Å². The fraction of sp³-hybridized carbons (Fsp3) is 0.385. The number of hydrogen-bond donors (Lipinski definition) is 2. The molecule has 7 heteroatoms. The first-order valence-corrected chi connectivity index (χ1v) is 6.11. The summed E-state index contributed by atoms with van der Waals surface area (Å²) in [5, 5.41) is 4.95. The summed E-state index contributed by atoms with van der Waals surface area (Å²) in [7, 11) is 0. The first-order chi connectivity index (χ1) is 9.36. The van der Waals surface area contributed by atoms with E-state index in [0.29, 0.717) is 0 Å². The Bertz CT molecular complexity index is 525. The van der Waals surface area contributed by atoms with E-state index in [-0.39, 0.29) is 24.1 Å². The van der Waals surface area contributed by atoms with Crippen molar-refractivity contribution in [2.24, 2.45) is 0 Å². The Labute approximate surface area is 113 Å². The van der Waals surface area contributed by atoms with Crippen LogP contribution in [-0.2, 0) is 11.0 Å². The van der Waals surface area contributed by atoms with Gasteiger partial charge in [0.1, 0.15) is 0 Å². The Balaban J connectivity index is 1.93. The van der Waals surface area contributed by atoms with Gasteiger partial charge >= 0.3 is 6.18 Å². The van der Waals surface area contributed by atoms with E-state index in [1.807, 2.05) is 0 Å². The van der Waals surface area contributed by atoms with Crippen LogP contribution in [-0.4, -0.2) is 24.4 Å². The first kappa shape index (κ1) is 14.4. The third-order valence-electron chi connectivity index (χ3n) is 2.80. The Morgan fingerprint density at radius 3 is 2.55 bits per heavy atom. The second kappa shape index (κ2) is 5.52. The highest BCUT2D eigenvalue weighted by Gasteiger charge is 2.31. The molecule has 2 amide bonds. The van der Waals surface area contributed by atoms with Crippen molar-refractivity contribution in [3.63, 3.8) is 0 Å². The lowest BCUT2D eigenvalue weighted by Crippen LogP contribution is -2.37. The van der Waals surface area contributed by atoms with Crippen LogP contribution in [0, 0.1) is 0 Å². The minimum Gasteiger partial charge on any atom is -0.352 e. The number of halogens is 3. The van der Waals surface area contributed by atoms with Gasteiger partial charge in [-0.15, -0.1) is 0 Å². The van der Waals surface area contributed by atoms with Gasteiger partial charge in [-0.1, -0.05) is 6.07 Å². The molecule has 108 valence electrons. The van der Waals surface area contributed by atoms with Gasteiger partial charge in [0.2, 0.25) is 5.91 Å². The van der Waals surface area contributed by atoms with E-state index in [2.05, 4.69) is 10.6 Å². The molecule has 0 atom stereocenters. The van der Waals surface area contributed by atoms with Crippen molar-refractivity contribution in [2.45, 2.75) is 25.1 Å². The van der Waals surface area contributed by atoms with Crippen molar-refractivity contribution in [2.75, 3.05) is 6.54 Å². The highest BCUT2D eigenvalue weighted by atomic mass is 19.4. The highest BCUT2D eigenvalue weighted by molar-refractivity contribution is 5.96. The topological polar surface area (TPSA) is 58.2 Å². The van der Waals surface area contributed by atoms with E-state index in [1.54, 1.807) is 0 Å². The molecule has 1 aromatic rings. The molecule has 0 aliphatic heterocycles. The van der Waals surface area contributed by atoms with Gasteiger partial charge in [-0.05, 0) is 31.0 Å².